The Hall–Kier alpha value is -1.27. The first-order valence-corrected chi connectivity index (χ1v) is 7.55. The van der Waals surface area contributed by atoms with E-state index in [0.717, 1.165) is 41.9 Å². The van der Waals surface area contributed by atoms with Gasteiger partial charge in [0.15, 0.2) is 0 Å². The number of thiazole rings is 1. The van der Waals surface area contributed by atoms with Crippen LogP contribution < -0.4 is 5.32 Å². The molecule has 1 saturated carbocycles. The summed E-state index contributed by atoms with van der Waals surface area (Å²) < 4.78 is 1.87. The fourth-order valence-corrected chi connectivity index (χ4v) is 2.89. The zero-order chi connectivity index (χ0) is 13.2. The van der Waals surface area contributed by atoms with Crippen LogP contribution in [0.15, 0.2) is 6.20 Å². The molecule has 0 aliphatic heterocycles. The minimum Gasteiger partial charge on any atom is -0.311 e. The van der Waals surface area contributed by atoms with Crippen molar-refractivity contribution in [2.75, 3.05) is 6.54 Å². The molecule has 102 valence electrons. The number of nitrogens with one attached hydrogen (secondary N) is 1. The second-order valence-corrected chi connectivity index (χ2v) is 6.52. The molecule has 1 aliphatic rings. The zero-order valence-electron chi connectivity index (χ0n) is 11.4. The molecule has 2 aromatic heterocycles. The van der Waals surface area contributed by atoms with Gasteiger partial charge in [-0.15, -0.1) is 16.4 Å². The molecule has 0 unspecified atom stereocenters. The standard InChI is InChI=1S/C13H19N5S/c1-9-10(2)19-13(15-9)8-18-7-12(16-17-18)6-14-5-11-3-4-11/h7,11,14H,3-6,8H2,1-2H3. The molecule has 0 amide bonds. The lowest BCUT2D eigenvalue weighted by atomic mass is 10.4. The maximum atomic E-state index is 4.52. The highest BCUT2D eigenvalue weighted by Gasteiger charge is 2.20. The molecule has 19 heavy (non-hydrogen) atoms. The summed E-state index contributed by atoms with van der Waals surface area (Å²) in [5.41, 5.74) is 2.12. The third kappa shape index (κ3) is 3.39. The van der Waals surface area contributed by atoms with Crippen molar-refractivity contribution in [1.29, 1.82) is 0 Å². The van der Waals surface area contributed by atoms with E-state index in [-0.39, 0.29) is 0 Å². The van der Waals surface area contributed by atoms with Gasteiger partial charge in [0.25, 0.3) is 0 Å². The zero-order valence-corrected chi connectivity index (χ0v) is 12.2. The van der Waals surface area contributed by atoms with Crippen LogP contribution in [-0.4, -0.2) is 26.5 Å². The molecule has 5 nitrogen and oxygen atoms in total. The van der Waals surface area contributed by atoms with Gasteiger partial charge in [0.2, 0.25) is 0 Å². The van der Waals surface area contributed by atoms with Crippen molar-refractivity contribution in [3.05, 3.63) is 27.5 Å². The maximum absolute atomic E-state index is 4.52. The van der Waals surface area contributed by atoms with Crippen LogP contribution in [0.3, 0.4) is 0 Å². The molecule has 0 spiro atoms. The van der Waals surface area contributed by atoms with Crippen LogP contribution in [0.2, 0.25) is 0 Å². The highest BCUT2D eigenvalue weighted by Crippen LogP contribution is 2.27. The fraction of sp³-hybridized carbons (Fsp3) is 0.615. The topological polar surface area (TPSA) is 55.6 Å². The number of rotatable bonds is 6. The molecule has 6 heteroatoms. The van der Waals surface area contributed by atoms with E-state index in [0.29, 0.717) is 0 Å². The van der Waals surface area contributed by atoms with Crippen molar-refractivity contribution in [1.82, 2.24) is 25.3 Å². The first-order chi connectivity index (χ1) is 9.20. The number of hydrogen-bond acceptors (Lipinski definition) is 5. The van der Waals surface area contributed by atoms with E-state index in [9.17, 15) is 0 Å². The van der Waals surface area contributed by atoms with Crippen molar-refractivity contribution in [3.63, 3.8) is 0 Å². The van der Waals surface area contributed by atoms with E-state index < -0.39 is 0 Å². The summed E-state index contributed by atoms with van der Waals surface area (Å²) in [7, 11) is 0. The molecule has 2 heterocycles. The third-order valence-electron chi connectivity index (χ3n) is 3.39. The quantitative estimate of drug-likeness (QED) is 0.876. The second-order valence-electron chi connectivity index (χ2n) is 5.23. The molecule has 1 aliphatic carbocycles. The Morgan fingerprint density at radius 3 is 2.95 bits per heavy atom. The van der Waals surface area contributed by atoms with Gasteiger partial charge in [0, 0.05) is 11.4 Å². The van der Waals surface area contributed by atoms with Crippen molar-refractivity contribution in [2.24, 2.45) is 5.92 Å². The van der Waals surface area contributed by atoms with Gasteiger partial charge in [-0.25, -0.2) is 9.67 Å². The largest absolute Gasteiger partial charge is 0.311 e. The summed E-state index contributed by atoms with van der Waals surface area (Å²) >= 11 is 1.73. The van der Waals surface area contributed by atoms with E-state index in [1.165, 1.54) is 17.7 Å². The lowest BCUT2D eigenvalue weighted by Gasteiger charge is -1.98. The van der Waals surface area contributed by atoms with Crippen LogP contribution in [0.25, 0.3) is 0 Å². The summed E-state index contributed by atoms with van der Waals surface area (Å²) in [5, 5.41) is 12.9. The van der Waals surface area contributed by atoms with Gasteiger partial charge in [-0.3, -0.25) is 0 Å². The summed E-state index contributed by atoms with van der Waals surface area (Å²) in [6.07, 6.45) is 4.76. The molecule has 3 rings (SSSR count). The van der Waals surface area contributed by atoms with Crippen molar-refractivity contribution < 1.29 is 0 Å². The van der Waals surface area contributed by atoms with Gasteiger partial charge >= 0.3 is 0 Å². The Labute approximate surface area is 117 Å². The van der Waals surface area contributed by atoms with Crippen LogP contribution >= 0.6 is 11.3 Å². The van der Waals surface area contributed by atoms with Crippen LogP contribution in [-0.2, 0) is 13.1 Å². The summed E-state index contributed by atoms with van der Waals surface area (Å²) in [4.78, 5) is 5.80. The highest BCUT2D eigenvalue weighted by molar-refractivity contribution is 7.11. The second kappa shape index (κ2) is 5.38. The lowest BCUT2D eigenvalue weighted by molar-refractivity contribution is 0.626. The van der Waals surface area contributed by atoms with Crippen LogP contribution in [0.1, 0.15) is 34.1 Å². The molecular weight excluding hydrogens is 258 g/mol. The molecule has 0 saturated heterocycles. The normalized spacial score (nSPS) is 15.1. The van der Waals surface area contributed by atoms with Crippen LogP contribution in [0.4, 0.5) is 0 Å². The monoisotopic (exact) mass is 277 g/mol. The number of nitrogens with zero attached hydrogens (tertiary/aromatic N) is 4. The molecule has 0 bridgehead atoms. The van der Waals surface area contributed by atoms with E-state index >= 15 is 0 Å². The number of aromatic nitrogens is 4. The van der Waals surface area contributed by atoms with Crippen molar-refractivity contribution in [3.8, 4) is 0 Å². The maximum Gasteiger partial charge on any atom is 0.115 e. The van der Waals surface area contributed by atoms with E-state index in [1.807, 2.05) is 17.8 Å². The van der Waals surface area contributed by atoms with E-state index in [1.54, 1.807) is 11.3 Å². The van der Waals surface area contributed by atoms with Gasteiger partial charge in [0.05, 0.1) is 24.1 Å². The highest BCUT2D eigenvalue weighted by atomic mass is 32.1. The number of hydrogen-bond donors (Lipinski definition) is 1. The third-order valence-corrected chi connectivity index (χ3v) is 4.45. The van der Waals surface area contributed by atoms with E-state index in [2.05, 4.69) is 27.5 Å². The Morgan fingerprint density at radius 2 is 2.26 bits per heavy atom. The Morgan fingerprint density at radius 1 is 1.42 bits per heavy atom. The predicted molar refractivity (Wildman–Crippen MR) is 75.1 cm³/mol. The average molecular weight is 277 g/mol. The average Bonchev–Trinajstić information content (AvgIpc) is 3.00. The van der Waals surface area contributed by atoms with Gasteiger partial charge in [-0.2, -0.15) is 0 Å². The molecule has 0 atom stereocenters. The summed E-state index contributed by atoms with van der Waals surface area (Å²) in [6.45, 7) is 6.79. The Kier molecular flexibility index (Phi) is 3.61. The lowest BCUT2D eigenvalue weighted by Crippen LogP contribution is -2.16. The Bertz CT molecular complexity index is 536. The molecule has 0 radical (unpaired) electrons. The summed E-state index contributed by atoms with van der Waals surface area (Å²) in [6, 6.07) is 0. The molecule has 0 aromatic carbocycles. The predicted octanol–water partition coefficient (Wildman–Crippen LogP) is 1.90. The van der Waals surface area contributed by atoms with Gasteiger partial charge in [-0.1, -0.05) is 5.21 Å². The van der Waals surface area contributed by atoms with Gasteiger partial charge in [0.1, 0.15) is 5.01 Å². The number of aryl methyl sites for hydroxylation is 2. The molecule has 1 fully saturated rings. The van der Waals surface area contributed by atoms with Crippen molar-refractivity contribution in [2.45, 2.75) is 39.8 Å². The minimum atomic E-state index is 0.717. The molecular formula is C13H19N5S. The van der Waals surface area contributed by atoms with E-state index in [4.69, 9.17) is 0 Å². The van der Waals surface area contributed by atoms with Gasteiger partial charge in [-0.05, 0) is 39.2 Å². The SMILES string of the molecule is Cc1nc(Cn2cc(CNCC3CC3)nn2)sc1C. The smallest absolute Gasteiger partial charge is 0.115 e. The molecule has 2 aromatic rings. The molecule has 1 N–H and O–H groups in total. The van der Waals surface area contributed by atoms with Crippen LogP contribution in [0.5, 0.6) is 0 Å². The van der Waals surface area contributed by atoms with Gasteiger partial charge < -0.3 is 5.32 Å². The summed E-state index contributed by atoms with van der Waals surface area (Å²) in [5.74, 6) is 0.899. The first kappa shape index (κ1) is 12.7. The van der Waals surface area contributed by atoms with Crippen molar-refractivity contribution >= 4 is 11.3 Å². The Balaban J connectivity index is 1.54. The first-order valence-electron chi connectivity index (χ1n) is 6.73. The fourth-order valence-electron chi connectivity index (χ4n) is 1.97. The minimum absolute atomic E-state index is 0.717. The van der Waals surface area contributed by atoms with Crippen LogP contribution in [0, 0.1) is 19.8 Å².